The average Bonchev–Trinajstić information content (AvgIpc) is 2.53. The molecule has 2 aliphatic carbocycles. The molecule has 2 saturated carbocycles. The molecule has 6 heteroatoms. The number of fused-ring (bicyclic) bond motifs is 1. The van der Waals surface area contributed by atoms with Crippen LogP contribution in [0.15, 0.2) is 23.3 Å². The van der Waals surface area contributed by atoms with Gasteiger partial charge in [-0.1, -0.05) is 6.92 Å². The number of rotatable bonds is 0. The second kappa shape index (κ2) is 4.29. The van der Waals surface area contributed by atoms with Crippen LogP contribution in [0.2, 0.25) is 0 Å². The summed E-state index contributed by atoms with van der Waals surface area (Å²) < 4.78 is 17.0. The molecule has 128 valence electrons. The maximum atomic E-state index is 13.0. The molecule has 24 heavy (non-hydrogen) atoms. The van der Waals surface area contributed by atoms with Gasteiger partial charge >= 0.3 is 11.9 Å². The zero-order chi connectivity index (χ0) is 16.9. The molecule has 0 aromatic heterocycles. The van der Waals surface area contributed by atoms with Gasteiger partial charge in [-0.25, -0.2) is 4.79 Å². The van der Waals surface area contributed by atoms with Crippen LogP contribution in [0.4, 0.5) is 0 Å². The molecule has 0 aromatic rings. The molecule has 0 radical (unpaired) electrons. The van der Waals surface area contributed by atoms with E-state index >= 15 is 0 Å². The number of carbonyl (C=O) groups excluding carboxylic acids is 2. The monoisotopic (exact) mass is 332 g/mol. The summed E-state index contributed by atoms with van der Waals surface area (Å²) in [6, 6.07) is 0. The van der Waals surface area contributed by atoms with Gasteiger partial charge in [-0.15, -0.1) is 0 Å². The second-order valence-electron chi connectivity index (χ2n) is 7.74. The molecule has 1 N–H and O–H groups in total. The van der Waals surface area contributed by atoms with Crippen LogP contribution >= 0.6 is 0 Å². The number of hydrogen-bond acceptors (Lipinski definition) is 6. The Hall–Kier alpha value is -1.66. The molecule has 0 amide bonds. The molecule has 4 bridgehead atoms. The van der Waals surface area contributed by atoms with Crippen molar-refractivity contribution >= 4 is 11.9 Å². The first-order valence-electron chi connectivity index (χ1n) is 8.53. The van der Waals surface area contributed by atoms with Crippen LogP contribution in [0.5, 0.6) is 0 Å². The van der Waals surface area contributed by atoms with Crippen molar-refractivity contribution in [2.75, 3.05) is 13.2 Å². The molecule has 6 nitrogen and oxygen atoms in total. The number of esters is 2. The standard InChI is InChI=1S/C18H20O6/c1-8-5-10-6-12(19)23-7-17(10)14(20)13-9(2)24-15(17)18(8)11(13)3-4-22-16(18)21/h3,6,8-9,13-15,20H,4-5,7H2,1-2H3/t8-,9+,13-,14?,15+,17+,18+/m0/s1. The number of hydrogen-bond donors (Lipinski definition) is 1. The fourth-order valence-corrected chi connectivity index (χ4v) is 5.98. The van der Waals surface area contributed by atoms with Gasteiger partial charge in [-0.3, -0.25) is 4.79 Å². The van der Waals surface area contributed by atoms with Crippen molar-refractivity contribution in [1.29, 1.82) is 0 Å². The minimum absolute atomic E-state index is 0.0573. The summed E-state index contributed by atoms with van der Waals surface area (Å²) in [5, 5.41) is 11.3. The first kappa shape index (κ1) is 14.7. The van der Waals surface area contributed by atoms with E-state index in [-0.39, 0.29) is 43.1 Å². The van der Waals surface area contributed by atoms with Crippen molar-refractivity contribution in [3.8, 4) is 0 Å². The van der Waals surface area contributed by atoms with Crippen LogP contribution in [0, 0.1) is 22.7 Å². The van der Waals surface area contributed by atoms with Gasteiger partial charge in [0.05, 0.1) is 23.7 Å². The SMILES string of the molecule is C[C@H]1O[C@H]2[C@]34C(=O)OCC=C3[C@H]1C(O)[C@]21COC(=O)C=C1C[C@@H]4C. The van der Waals surface area contributed by atoms with E-state index in [1.165, 1.54) is 6.08 Å². The van der Waals surface area contributed by atoms with Crippen molar-refractivity contribution < 1.29 is 28.9 Å². The molecule has 2 saturated heterocycles. The van der Waals surface area contributed by atoms with Crippen LogP contribution < -0.4 is 0 Å². The van der Waals surface area contributed by atoms with Gasteiger partial charge in [0.2, 0.25) is 0 Å². The Balaban J connectivity index is 1.81. The van der Waals surface area contributed by atoms with Gasteiger partial charge in [0.1, 0.15) is 18.6 Å². The third-order valence-electron chi connectivity index (χ3n) is 6.94. The normalized spacial score (nSPS) is 51.7. The highest BCUT2D eigenvalue weighted by Gasteiger charge is 2.77. The van der Waals surface area contributed by atoms with E-state index < -0.39 is 23.0 Å². The van der Waals surface area contributed by atoms with Crippen LogP contribution in [0.25, 0.3) is 0 Å². The van der Waals surface area contributed by atoms with E-state index in [9.17, 15) is 14.7 Å². The lowest BCUT2D eigenvalue weighted by Crippen LogP contribution is -2.78. The Kier molecular flexibility index (Phi) is 2.62. The summed E-state index contributed by atoms with van der Waals surface area (Å²) in [6.45, 7) is 4.24. The van der Waals surface area contributed by atoms with Crippen LogP contribution in [0.1, 0.15) is 20.3 Å². The largest absolute Gasteiger partial charge is 0.461 e. The zero-order valence-electron chi connectivity index (χ0n) is 13.7. The maximum Gasteiger partial charge on any atom is 0.330 e. The highest BCUT2D eigenvalue weighted by atomic mass is 16.6. The van der Waals surface area contributed by atoms with Crippen LogP contribution in [0.3, 0.4) is 0 Å². The summed E-state index contributed by atoms with van der Waals surface area (Å²) >= 11 is 0. The van der Waals surface area contributed by atoms with Crippen molar-refractivity contribution in [2.24, 2.45) is 22.7 Å². The maximum absolute atomic E-state index is 13.0. The fraction of sp³-hybridized carbons (Fsp3) is 0.667. The van der Waals surface area contributed by atoms with Gasteiger partial charge in [0.15, 0.2) is 0 Å². The molecular formula is C18H20O6. The summed E-state index contributed by atoms with van der Waals surface area (Å²) in [5.41, 5.74) is 0.0916. The third kappa shape index (κ3) is 1.31. The molecule has 1 unspecified atom stereocenters. The quantitative estimate of drug-likeness (QED) is 0.520. The number of carbonyl (C=O) groups is 2. The van der Waals surface area contributed by atoms with E-state index in [4.69, 9.17) is 14.2 Å². The lowest BCUT2D eigenvalue weighted by atomic mass is 9.40. The van der Waals surface area contributed by atoms with Crippen molar-refractivity contribution in [2.45, 2.75) is 38.6 Å². The molecule has 4 aliphatic heterocycles. The summed E-state index contributed by atoms with van der Waals surface area (Å²) in [4.78, 5) is 24.7. The van der Waals surface area contributed by atoms with Gasteiger partial charge in [0.25, 0.3) is 0 Å². The van der Waals surface area contributed by atoms with E-state index in [0.717, 1.165) is 11.1 Å². The predicted molar refractivity (Wildman–Crippen MR) is 80.6 cm³/mol. The molecule has 4 heterocycles. The topological polar surface area (TPSA) is 82.1 Å². The minimum Gasteiger partial charge on any atom is -0.461 e. The van der Waals surface area contributed by atoms with E-state index in [0.29, 0.717) is 6.42 Å². The molecular weight excluding hydrogens is 312 g/mol. The molecule has 6 aliphatic rings. The first-order chi connectivity index (χ1) is 11.4. The Labute approximate surface area is 139 Å². The van der Waals surface area contributed by atoms with Gasteiger partial charge < -0.3 is 19.3 Å². The van der Waals surface area contributed by atoms with E-state index in [1.807, 2.05) is 19.9 Å². The molecule has 0 aromatic carbocycles. The first-order valence-corrected chi connectivity index (χ1v) is 8.53. The Morgan fingerprint density at radius 3 is 2.83 bits per heavy atom. The number of ether oxygens (including phenoxy) is 3. The lowest BCUT2D eigenvalue weighted by Gasteiger charge is -2.69. The predicted octanol–water partition coefficient (Wildman–Crippen LogP) is 0.743. The lowest BCUT2D eigenvalue weighted by molar-refractivity contribution is -0.290. The van der Waals surface area contributed by atoms with E-state index in [2.05, 4.69) is 0 Å². The van der Waals surface area contributed by atoms with Gasteiger partial charge in [-0.05, 0) is 36.5 Å². The number of cyclic esters (lactones) is 2. The average molecular weight is 332 g/mol. The summed E-state index contributed by atoms with van der Waals surface area (Å²) in [5.74, 6) is -1.00. The van der Waals surface area contributed by atoms with Crippen molar-refractivity contribution in [1.82, 2.24) is 0 Å². The zero-order valence-corrected chi connectivity index (χ0v) is 13.7. The minimum atomic E-state index is -0.879. The second-order valence-corrected chi connectivity index (χ2v) is 7.74. The number of aliphatic hydroxyl groups is 1. The van der Waals surface area contributed by atoms with Gasteiger partial charge in [-0.2, -0.15) is 0 Å². The Morgan fingerprint density at radius 2 is 2.04 bits per heavy atom. The molecule has 2 spiro atoms. The molecule has 4 fully saturated rings. The van der Waals surface area contributed by atoms with Crippen molar-refractivity contribution in [3.05, 3.63) is 23.3 Å². The van der Waals surface area contributed by atoms with Crippen molar-refractivity contribution in [3.63, 3.8) is 0 Å². The summed E-state index contributed by atoms with van der Waals surface area (Å²) in [6.07, 6.45) is 2.51. The van der Waals surface area contributed by atoms with Crippen LogP contribution in [-0.2, 0) is 23.8 Å². The fourth-order valence-electron chi connectivity index (χ4n) is 5.98. The third-order valence-corrected chi connectivity index (χ3v) is 6.94. The Morgan fingerprint density at radius 1 is 1.25 bits per heavy atom. The van der Waals surface area contributed by atoms with E-state index in [1.54, 1.807) is 0 Å². The summed E-state index contributed by atoms with van der Waals surface area (Å²) in [7, 11) is 0. The highest BCUT2D eigenvalue weighted by Crippen LogP contribution is 2.70. The molecule has 6 rings (SSSR count). The Bertz CT molecular complexity index is 723. The number of aliphatic hydroxyl groups excluding tert-OH is 1. The van der Waals surface area contributed by atoms with Crippen LogP contribution in [-0.4, -0.2) is 48.6 Å². The highest BCUT2D eigenvalue weighted by molar-refractivity contribution is 5.88. The molecule has 7 atom stereocenters. The smallest absolute Gasteiger partial charge is 0.330 e. The van der Waals surface area contributed by atoms with Gasteiger partial charge in [0, 0.05) is 12.0 Å².